The second-order valence-electron chi connectivity index (χ2n) is 4.20. The second kappa shape index (κ2) is 5.05. The van der Waals surface area contributed by atoms with E-state index in [4.69, 9.17) is 4.42 Å². The molecule has 0 spiro atoms. The molecule has 0 aliphatic carbocycles. The average molecular weight is 232 g/mol. The summed E-state index contributed by atoms with van der Waals surface area (Å²) < 4.78 is 5.53. The van der Waals surface area contributed by atoms with Crippen molar-refractivity contribution in [1.29, 1.82) is 0 Å². The predicted octanol–water partition coefficient (Wildman–Crippen LogP) is 1.94. The number of rotatable bonds is 4. The van der Waals surface area contributed by atoms with Crippen LogP contribution < -0.4 is 5.32 Å². The summed E-state index contributed by atoms with van der Waals surface area (Å²) in [5.41, 5.74) is 1.65. The Kier molecular flexibility index (Phi) is 3.49. The van der Waals surface area contributed by atoms with E-state index in [9.17, 15) is 0 Å². The Morgan fingerprint density at radius 1 is 1.29 bits per heavy atom. The number of nitrogens with one attached hydrogen (secondary N) is 1. The molecular weight excluding hydrogens is 216 g/mol. The second-order valence-corrected chi connectivity index (χ2v) is 4.20. The summed E-state index contributed by atoms with van der Waals surface area (Å²) >= 11 is 0. The van der Waals surface area contributed by atoms with Crippen LogP contribution in [0.25, 0.3) is 11.6 Å². The summed E-state index contributed by atoms with van der Waals surface area (Å²) in [6.07, 6.45) is 0. The van der Waals surface area contributed by atoms with Crippen molar-refractivity contribution in [2.45, 2.75) is 33.4 Å². The number of aromatic nitrogens is 3. The lowest BCUT2D eigenvalue weighted by atomic mass is 10.3. The number of aryl methyl sites for hydroxylation is 1. The molecule has 0 aliphatic heterocycles. The fourth-order valence-corrected chi connectivity index (χ4v) is 1.38. The fraction of sp³-hybridized carbons (Fsp3) is 0.417. The Bertz CT molecular complexity index is 493. The van der Waals surface area contributed by atoms with Gasteiger partial charge < -0.3 is 9.73 Å². The monoisotopic (exact) mass is 232 g/mol. The maximum Gasteiger partial charge on any atom is 0.266 e. The molecule has 0 amide bonds. The van der Waals surface area contributed by atoms with Gasteiger partial charge in [0.15, 0.2) is 0 Å². The molecule has 2 rings (SSSR count). The van der Waals surface area contributed by atoms with Crippen LogP contribution in [0.5, 0.6) is 0 Å². The highest BCUT2D eigenvalue weighted by Crippen LogP contribution is 2.15. The molecule has 0 aromatic carbocycles. The van der Waals surface area contributed by atoms with E-state index in [-0.39, 0.29) is 0 Å². The molecule has 0 aliphatic rings. The summed E-state index contributed by atoms with van der Waals surface area (Å²) in [5, 5.41) is 11.2. The van der Waals surface area contributed by atoms with Crippen LogP contribution in [0.2, 0.25) is 0 Å². The van der Waals surface area contributed by atoms with Crippen LogP contribution >= 0.6 is 0 Å². The number of hydrogen-bond acceptors (Lipinski definition) is 5. The fourth-order valence-electron chi connectivity index (χ4n) is 1.38. The molecule has 2 aromatic rings. The van der Waals surface area contributed by atoms with Crippen LogP contribution in [0.15, 0.2) is 22.6 Å². The Morgan fingerprint density at radius 2 is 2.12 bits per heavy atom. The summed E-state index contributed by atoms with van der Waals surface area (Å²) in [7, 11) is 0. The smallest absolute Gasteiger partial charge is 0.266 e. The topological polar surface area (TPSA) is 63.8 Å². The van der Waals surface area contributed by atoms with E-state index in [0.29, 0.717) is 30.1 Å². The van der Waals surface area contributed by atoms with Crippen LogP contribution in [0.1, 0.15) is 25.4 Å². The summed E-state index contributed by atoms with van der Waals surface area (Å²) in [6.45, 7) is 6.65. The van der Waals surface area contributed by atoms with Crippen LogP contribution in [0, 0.1) is 6.92 Å². The van der Waals surface area contributed by atoms with Crippen LogP contribution in [0.4, 0.5) is 0 Å². The van der Waals surface area contributed by atoms with Gasteiger partial charge in [-0.05, 0) is 19.1 Å². The van der Waals surface area contributed by atoms with E-state index >= 15 is 0 Å². The Morgan fingerprint density at radius 3 is 2.82 bits per heavy atom. The molecule has 0 radical (unpaired) electrons. The van der Waals surface area contributed by atoms with Crippen LogP contribution in [-0.4, -0.2) is 21.2 Å². The molecule has 90 valence electrons. The molecule has 0 bridgehead atoms. The van der Waals surface area contributed by atoms with Crippen molar-refractivity contribution in [3.8, 4) is 11.6 Å². The molecule has 0 fully saturated rings. The molecule has 2 heterocycles. The first-order valence-electron chi connectivity index (χ1n) is 5.65. The van der Waals surface area contributed by atoms with Gasteiger partial charge in [-0.1, -0.05) is 19.9 Å². The minimum atomic E-state index is 0.391. The van der Waals surface area contributed by atoms with E-state index in [2.05, 4.69) is 34.3 Å². The number of nitrogens with zero attached hydrogens (tertiary/aromatic N) is 3. The van der Waals surface area contributed by atoms with E-state index in [1.54, 1.807) is 0 Å². The maximum absolute atomic E-state index is 5.53. The molecule has 2 aromatic heterocycles. The Labute approximate surface area is 100 Å². The highest BCUT2D eigenvalue weighted by Gasteiger charge is 2.09. The SMILES string of the molecule is Cc1cccc(-c2nnc(CNC(C)C)o2)n1. The highest BCUT2D eigenvalue weighted by molar-refractivity contribution is 5.45. The predicted molar refractivity (Wildman–Crippen MR) is 64.2 cm³/mol. The van der Waals surface area contributed by atoms with Crippen LogP contribution in [-0.2, 0) is 6.54 Å². The van der Waals surface area contributed by atoms with Gasteiger partial charge in [-0.25, -0.2) is 4.98 Å². The standard InChI is InChI=1S/C12H16N4O/c1-8(2)13-7-11-15-16-12(17-11)10-6-4-5-9(3)14-10/h4-6,8,13H,7H2,1-3H3. The first-order valence-corrected chi connectivity index (χ1v) is 5.65. The minimum absolute atomic E-state index is 0.391. The number of pyridine rings is 1. The van der Waals surface area contributed by atoms with Gasteiger partial charge in [-0.2, -0.15) is 0 Å². The molecule has 0 unspecified atom stereocenters. The van der Waals surface area contributed by atoms with Gasteiger partial charge >= 0.3 is 0 Å². The third-order valence-corrected chi connectivity index (χ3v) is 2.24. The minimum Gasteiger partial charge on any atom is -0.418 e. The number of hydrogen-bond donors (Lipinski definition) is 1. The van der Waals surface area contributed by atoms with Gasteiger partial charge in [0.2, 0.25) is 5.89 Å². The zero-order valence-corrected chi connectivity index (χ0v) is 10.3. The van der Waals surface area contributed by atoms with Crippen LogP contribution in [0.3, 0.4) is 0 Å². The Hall–Kier alpha value is -1.75. The summed E-state index contributed by atoms with van der Waals surface area (Å²) in [6, 6.07) is 6.11. The normalized spacial score (nSPS) is 11.1. The van der Waals surface area contributed by atoms with Gasteiger partial charge in [0.25, 0.3) is 5.89 Å². The maximum atomic E-state index is 5.53. The highest BCUT2D eigenvalue weighted by atomic mass is 16.4. The van der Waals surface area contributed by atoms with E-state index in [1.165, 1.54) is 0 Å². The van der Waals surface area contributed by atoms with Crippen molar-refractivity contribution in [2.75, 3.05) is 0 Å². The zero-order valence-electron chi connectivity index (χ0n) is 10.3. The van der Waals surface area contributed by atoms with Gasteiger partial charge in [0.1, 0.15) is 5.69 Å². The van der Waals surface area contributed by atoms with Crippen molar-refractivity contribution >= 4 is 0 Å². The molecule has 0 saturated heterocycles. The van der Waals surface area contributed by atoms with Gasteiger partial charge in [-0.3, -0.25) is 0 Å². The van der Waals surface area contributed by atoms with Crippen molar-refractivity contribution in [3.05, 3.63) is 29.8 Å². The Balaban J connectivity index is 2.12. The van der Waals surface area contributed by atoms with Gasteiger partial charge in [-0.15, -0.1) is 10.2 Å². The zero-order chi connectivity index (χ0) is 12.3. The largest absolute Gasteiger partial charge is 0.418 e. The molecule has 5 nitrogen and oxygen atoms in total. The van der Waals surface area contributed by atoms with Crippen molar-refractivity contribution < 1.29 is 4.42 Å². The molecule has 0 saturated carbocycles. The molecule has 0 atom stereocenters. The summed E-state index contributed by atoms with van der Waals surface area (Å²) in [4.78, 5) is 4.34. The lowest BCUT2D eigenvalue weighted by Gasteiger charge is -2.03. The first-order chi connectivity index (χ1) is 8.15. The molecule has 5 heteroatoms. The van der Waals surface area contributed by atoms with E-state index in [0.717, 1.165) is 5.69 Å². The quantitative estimate of drug-likeness (QED) is 0.872. The lowest BCUT2D eigenvalue weighted by Crippen LogP contribution is -2.21. The van der Waals surface area contributed by atoms with Crippen molar-refractivity contribution in [2.24, 2.45) is 0 Å². The van der Waals surface area contributed by atoms with E-state index < -0.39 is 0 Å². The summed E-state index contributed by atoms with van der Waals surface area (Å²) in [5.74, 6) is 1.05. The van der Waals surface area contributed by atoms with Gasteiger partial charge in [0.05, 0.1) is 6.54 Å². The lowest BCUT2D eigenvalue weighted by molar-refractivity contribution is 0.458. The van der Waals surface area contributed by atoms with E-state index in [1.807, 2.05) is 25.1 Å². The van der Waals surface area contributed by atoms with Gasteiger partial charge in [0, 0.05) is 11.7 Å². The third kappa shape index (κ3) is 3.10. The molecule has 17 heavy (non-hydrogen) atoms. The van der Waals surface area contributed by atoms with Crippen molar-refractivity contribution in [1.82, 2.24) is 20.5 Å². The average Bonchev–Trinajstić information content (AvgIpc) is 2.75. The first kappa shape index (κ1) is 11.7. The molecule has 1 N–H and O–H groups in total. The van der Waals surface area contributed by atoms with Crippen molar-refractivity contribution in [3.63, 3.8) is 0 Å². The molecular formula is C12H16N4O. The third-order valence-electron chi connectivity index (χ3n) is 2.24.